The summed E-state index contributed by atoms with van der Waals surface area (Å²) in [5.74, 6) is -3.52. The van der Waals surface area contributed by atoms with Gasteiger partial charge in [0.05, 0.1) is 22.3 Å². The molecule has 0 aliphatic carbocycles. The lowest BCUT2D eigenvalue weighted by Gasteiger charge is -1.88. The van der Waals surface area contributed by atoms with Crippen LogP contribution in [0.15, 0.2) is 146 Å². The van der Waals surface area contributed by atoms with E-state index in [0.717, 1.165) is 0 Å². The van der Waals surface area contributed by atoms with Gasteiger partial charge in [-0.1, -0.05) is 72.8 Å². The number of hydrogen-bond acceptors (Lipinski definition) is 6. The molecule has 4 aromatic carbocycles. The van der Waals surface area contributed by atoms with Crippen molar-refractivity contribution in [3.63, 3.8) is 0 Å². The van der Waals surface area contributed by atoms with Crippen LogP contribution in [0.4, 0.5) is 0 Å². The first kappa shape index (κ1) is 40.3. The SMILES string of the molecule is O.O=C(O)c1ccccc1.O=C(O)c1ccccc1.O=C(O)c1ccccc1.O=C(O)c1ccccc1.S.c1cncnc1. The van der Waals surface area contributed by atoms with E-state index in [4.69, 9.17) is 20.4 Å². The Morgan fingerprint density at radius 3 is 0.682 bits per heavy atom. The Kier molecular flexibility index (Phi) is 22.8. The van der Waals surface area contributed by atoms with Crippen LogP contribution in [0, 0.1) is 0 Å². The summed E-state index contributed by atoms with van der Waals surface area (Å²) < 4.78 is 0. The molecule has 11 nitrogen and oxygen atoms in total. The lowest BCUT2D eigenvalue weighted by Crippen LogP contribution is -1.93. The van der Waals surface area contributed by atoms with Crippen LogP contribution >= 0.6 is 13.5 Å². The number of carbonyl (C=O) groups is 4. The Bertz CT molecular complexity index is 1240. The maximum atomic E-state index is 10.2. The van der Waals surface area contributed by atoms with E-state index in [1.54, 1.807) is 140 Å². The summed E-state index contributed by atoms with van der Waals surface area (Å²) in [6.45, 7) is 0. The molecule has 0 aliphatic heterocycles. The number of carboxylic acids is 4. The molecular weight excluding hydrogens is 588 g/mol. The molecule has 6 N–H and O–H groups in total. The Labute approximate surface area is 260 Å². The Balaban J connectivity index is 0. The number of benzene rings is 4. The van der Waals surface area contributed by atoms with Crippen molar-refractivity contribution in [3.8, 4) is 0 Å². The first-order valence-corrected chi connectivity index (χ1v) is 12.1. The van der Waals surface area contributed by atoms with E-state index in [1.165, 1.54) is 6.33 Å². The van der Waals surface area contributed by atoms with Crippen LogP contribution in [0.3, 0.4) is 0 Å². The molecule has 1 heterocycles. The second-order valence-electron chi connectivity index (χ2n) is 7.59. The van der Waals surface area contributed by atoms with Gasteiger partial charge in [-0.3, -0.25) is 0 Å². The van der Waals surface area contributed by atoms with Crippen LogP contribution < -0.4 is 0 Å². The summed E-state index contributed by atoms with van der Waals surface area (Å²) in [6.07, 6.45) is 4.88. The first-order valence-electron chi connectivity index (χ1n) is 12.1. The highest BCUT2D eigenvalue weighted by Gasteiger charge is 1.98. The number of aromatic carboxylic acids is 4. The third-order valence-corrected chi connectivity index (χ3v) is 4.56. The normalized spacial score (nSPS) is 8.36. The molecule has 0 unspecified atom stereocenters. The molecule has 0 fully saturated rings. The highest BCUT2D eigenvalue weighted by atomic mass is 32.1. The molecule has 0 bridgehead atoms. The van der Waals surface area contributed by atoms with Crippen LogP contribution in [0.5, 0.6) is 0 Å². The quantitative estimate of drug-likeness (QED) is 0.204. The molecule has 230 valence electrons. The van der Waals surface area contributed by atoms with Crippen molar-refractivity contribution < 1.29 is 45.1 Å². The Morgan fingerprint density at radius 2 is 0.591 bits per heavy atom. The minimum absolute atomic E-state index is 0. The lowest BCUT2D eigenvalue weighted by molar-refractivity contribution is 0.0686. The van der Waals surface area contributed by atoms with Crippen molar-refractivity contribution in [2.24, 2.45) is 0 Å². The van der Waals surface area contributed by atoms with Crippen molar-refractivity contribution in [3.05, 3.63) is 168 Å². The van der Waals surface area contributed by atoms with Crippen LogP contribution in [0.1, 0.15) is 41.4 Å². The minimum Gasteiger partial charge on any atom is -0.478 e. The molecule has 0 amide bonds. The van der Waals surface area contributed by atoms with Gasteiger partial charge in [-0.05, 0) is 54.6 Å². The van der Waals surface area contributed by atoms with Crippen molar-refractivity contribution in [2.75, 3.05) is 0 Å². The van der Waals surface area contributed by atoms with E-state index >= 15 is 0 Å². The number of nitrogens with zero attached hydrogens (tertiary/aromatic N) is 2. The monoisotopic (exact) mass is 620 g/mol. The van der Waals surface area contributed by atoms with Crippen molar-refractivity contribution in [1.29, 1.82) is 0 Å². The summed E-state index contributed by atoms with van der Waals surface area (Å²) in [6, 6.07) is 35.0. The van der Waals surface area contributed by atoms with E-state index in [1.807, 2.05) is 0 Å². The van der Waals surface area contributed by atoms with Crippen molar-refractivity contribution in [1.82, 2.24) is 9.97 Å². The topological polar surface area (TPSA) is 206 Å². The minimum atomic E-state index is -0.879. The average Bonchev–Trinajstić information content (AvgIpc) is 3.05. The van der Waals surface area contributed by atoms with Crippen LogP contribution in [-0.4, -0.2) is 59.7 Å². The van der Waals surface area contributed by atoms with E-state index in [2.05, 4.69) is 9.97 Å². The second kappa shape index (κ2) is 24.9. The van der Waals surface area contributed by atoms with E-state index in [-0.39, 0.29) is 19.0 Å². The summed E-state index contributed by atoms with van der Waals surface area (Å²) in [7, 11) is 0. The molecule has 1 aromatic heterocycles. The van der Waals surface area contributed by atoms with Gasteiger partial charge in [0.25, 0.3) is 0 Å². The zero-order valence-electron chi connectivity index (χ0n) is 23.2. The summed E-state index contributed by atoms with van der Waals surface area (Å²) in [4.78, 5) is 48.2. The average molecular weight is 621 g/mol. The summed E-state index contributed by atoms with van der Waals surface area (Å²) >= 11 is 0. The fourth-order valence-electron chi connectivity index (χ4n) is 2.58. The maximum Gasteiger partial charge on any atom is 0.335 e. The van der Waals surface area contributed by atoms with Crippen LogP contribution in [0.2, 0.25) is 0 Å². The van der Waals surface area contributed by atoms with Gasteiger partial charge in [0, 0.05) is 12.4 Å². The number of hydrogen-bond donors (Lipinski definition) is 4. The molecule has 44 heavy (non-hydrogen) atoms. The maximum absolute atomic E-state index is 10.2. The van der Waals surface area contributed by atoms with Gasteiger partial charge >= 0.3 is 23.9 Å². The van der Waals surface area contributed by atoms with Gasteiger partial charge in [0.1, 0.15) is 6.33 Å². The molecule has 5 aromatic rings. The largest absolute Gasteiger partial charge is 0.478 e. The van der Waals surface area contributed by atoms with Crippen LogP contribution in [-0.2, 0) is 0 Å². The van der Waals surface area contributed by atoms with Gasteiger partial charge in [-0.15, -0.1) is 0 Å². The predicted octanol–water partition coefficient (Wildman–Crippen LogP) is 5.30. The Morgan fingerprint density at radius 1 is 0.386 bits per heavy atom. The van der Waals surface area contributed by atoms with Crippen molar-refractivity contribution in [2.45, 2.75) is 0 Å². The second-order valence-corrected chi connectivity index (χ2v) is 7.59. The molecule has 0 aliphatic rings. The van der Waals surface area contributed by atoms with Gasteiger partial charge < -0.3 is 25.9 Å². The first-order chi connectivity index (χ1) is 20.2. The zero-order valence-corrected chi connectivity index (χ0v) is 24.2. The number of rotatable bonds is 4. The van der Waals surface area contributed by atoms with E-state index in [0.29, 0.717) is 22.3 Å². The third-order valence-electron chi connectivity index (χ3n) is 4.56. The van der Waals surface area contributed by atoms with E-state index in [9.17, 15) is 19.2 Å². The van der Waals surface area contributed by atoms with Crippen molar-refractivity contribution >= 4 is 37.4 Å². The van der Waals surface area contributed by atoms with Gasteiger partial charge in [-0.25, -0.2) is 29.1 Å². The summed E-state index contributed by atoms with van der Waals surface area (Å²) in [5.41, 5.74) is 1.32. The molecule has 0 atom stereocenters. The fourth-order valence-corrected chi connectivity index (χ4v) is 2.58. The smallest absolute Gasteiger partial charge is 0.335 e. The molecule has 0 spiro atoms. The fraction of sp³-hybridized carbons (Fsp3) is 0. The third kappa shape index (κ3) is 19.3. The van der Waals surface area contributed by atoms with Crippen LogP contribution in [0.25, 0.3) is 0 Å². The highest BCUT2D eigenvalue weighted by molar-refractivity contribution is 7.59. The van der Waals surface area contributed by atoms with Gasteiger partial charge in [0.2, 0.25) is 0 Å². The van der Waals surface area contributed by atoms with Gasteiger partial charge in [-0.2, -0.15) is 13.5 Å². The molecule has 0 saturated heterocycles. The summed E-state index contributed by atoms with van der Waals surface area (Å²) in [5, 5.41) is 33.5. The molecule has 0 saturated carbocycles. The molecule has 12 heteroatoms. The number of aromatic nitrogens is 2. The van der Waals surface area contributed by atoms with Gasteiger partial charge in [0.15, 0.2) is 0 Å². The zero-order chi connectivity index (χ0) is 31.0. The molecule has 0 radical (unpaired) electrons. The Hall–Kier alpha value is -5.85. The molecular formula is C32H32N2O9S. The predicted molar refractivity (Wildman–Crippen MR) is 170 cm³/mol. The molecule has 5 rings (SSSR count). The lowest BCUT2D eigenvalue weighted by atomic mass is 10.2. The standard InChI is InChI=1S/4C7H6O2.C4H4N2.H2O.H2S/c4*8-7(9)6-4-2-1-3-5-6;1-2-5-4-6-3-1;;/h4*1-5H,(H,8,9);1-4H;2*1H2. The van der Waals surface area contributed by atoms with E-state index < -0.39 is 23.9 Å². The highest BCUT2D eigenvalue weighted by Crippen LogP contribution is 1.98. The number of carboxylic acid groups (broad SMARTS) is 4.